The standard InChI is InChI=1S/C14H27NO4/c1-3-4-5-6-7-8-9-10-15(13(16)17-2)14-18-11-12-19-14/h14H,3-12H2,1-2H3. The van der Waals surface area contributed by atoms with Crippen molar-refractivity contribution in [3.8, 4) is 0 Å². The number of rotatable bonds is 9. The number of hydrogen-bond donors (Lipinski definition) is 0. The van der Waals surface area contributed by atoms with Crippen molar-refractivity contribution in [1.29, 1.82) is 0 Å². The third-order valence-electron chi connectivity index (χ3n) is 3.27. The summed E-state index contributed by atoms with van der Waals surface area (Å²) in [6, 6.07) is 0. The first-order chi connectivity index (χ1) is 9.29. The molecule has 0 radical (unpaired) electrons. The van der Waals surface area contributed by atoms with Crippen LogP contribution >= 0.6 is 0 Å². The van der Waals surface area contributed by atoms with Crippen molar-refractivity contribution < 1.29 is 19.0 Å². The van der Waals surface area contributed by atoms with E-state index in [9.17, 15) is 4.79 Å². The van der Waals surface area contributed by atoms with Gasteiger partial charge in [-0.05, 0) is 6.42 Å². The lowest BCUT2D eigenvalue weighted by molar-refractivity contribution is -0.139. The van der Waals surface area contributed by atoms with Crippen molar-refractivity contribution in [3.63, 3.8) is 0 Å². The number of carbonyl (C=O) groups is 1. The van der Waals surface area contributed by atoms with Gasteiger partial charge in [-0.1, -0.05) is 45.4 Å². The molecule has 0 aliphatic carbocycles. The van der Waals surface area contributed by atoms with Crippen LogP contribution in [-0.4, -0.2) is 44.3 Å². The van der Waals surface area contributed by atoms with Gasteiger partial charge in [-0.15, -0.1) is 0 Å². The van der Waals surface area contributed by atoms with Gasteiger partial charge in [0.15, 0.2) is 0 Å². The van der Waals surface area contributed by atoms with Crippen LogP contribution in [0, 0.1) is 0 Å². The van der Waals surface area contributed by atoms with Gasteiger partial charge in [-0.3, -0.25) is 4.90 Å². The highest BCUT2D eigenvalue weighted by molar-refractivity contribution is 5.67. The zero-order valence-corrected chi connectivity index (χ0v) is 12.2. The van der Waals surface area contributed by atoms with E-state index in [-0.39, 0.29) is 6.09 Å². The van der Waals surface area contributed by atoms with Crippen molar-refractivity contribution >= 4 is 6.09 Å². The van der Waals surface area contributed by atoms with E-state index in [1.807, 2.05) is 0 Å². The molecule has 1 fully saturated rings. The monoisotopic (exact) mass is 273 g/mol. The molecule has 0 aromatic heterocycles. The van der Waals surface area contributed by atoms with Crippen LogP contribution in [0.2, 0.25) is 0 Å². The van der Waals surface area contributed by atoms with Crippen LogP contribution in [0.4, 0.5) is 4.79 Å². The number of nitrogens with zero attached hydrogens (tertiary/aromatic N) is 1. The van der Waals surface area contributed by atoms with Gasteiger partial charge in [0.05, 0.1) is 20.3 Å². The maximum absolute atomic E-state index is 11.6. The summed E-state index contributed by atoms with van der Waals surface area (Å²) < 4.78 is 15.5. The Hall–Kier alpha value is -0.810. The molecule has 1 rings (SSSR count). The third-order valence-corrected chi connectivity index (χ3v) is 3.27. The van der Waals surface area contributed by atoms with E-state index in [4.69, 9.17) is 14.2 Å². The number of unbranched alkanes of at least 4 members (excludes halogenated alkanes) is 6. The molecule has 112 valence electrons. The minimum atomic E-state index is -0.562. The predicted molar refractivity (Wildman–Crippen MR) is 72.8 cm³/mol. The minimum Gasteiger partial charge on any atom is -0.453 e. The Morgan fingerprint density at radius 2 is 1.68 bits per heavy atom. The van der Waals surface area contributed by atoms with Crippen LogP contribution in [0.1, 0.15) is 51.9 Å². The van der Waals surface area contributed by atoms with E-state index in [1.54, 1.807) is 0 Å². The van der Waals surface area contributed by atoms with E-state index in [0.29, 0.717) is 19.8 Å². The lowest BCUT2D eigenvalue weighted by atomic mass is 10.1. The summed E-state index contributed by atoms with van der Waals surface area (Å²) in [4.78, 5) is 13.2. The average molecular weight is 273 g/mol. The van der Waals surface area contributed by atoms with Gasteiger partial charge < -0.3 is 14.2 Å². The number of amides is 1. The molecule has 1 aliphatic rings. The van der Waals surface area contributed by atoms with Crippen molar-refractivity contribution in [2.45, 2.75) is 58.3 Å². The second-order valence-corrected chi connectivity index (χ2v) is 4.83. The number of hydrogen-bond acceptors (Lipinski definition) is 4. The highest BCUT2D eigenvalue weighted by Gasteiger charge is 2.28. The maximum atomic E-state index is 11.6. The Balaban J connectivity index is 2.16. The zero-order valence-electron chi connectivity index (χ0n) is 12.2. The van der Waals surface area contributed by atoms with Gasteiger partial charge in [-0.2, -0.15) is 0 Å². The first-order valence-corrected chi connectivity index (χ1v) is 7.37. The predicted octanol–water partition coefficient (Wildman–Crippen LogP) is 3.14. The second kappa shape index (κ2) is 10.0. The van der Waals surface area contributed by atoms with Gasteiger partial charge in [0, 0.05) is 6.54 Å². The molecule has 0 atom stereocenters. The van der Waals surface area contributed by atoms with E-state index >= 15 is 0 Å². The average Bonchev–Trinajstić information content (AvgIpc) is 2.95. The minimum absolute atomic E-state index is 0.377. The molecule has 0 spiro atoms. The Bertz CT molecular complexity index is 242. The fourth-order valence-corrected chi connectivity index (χ4v) is 2.17. The first kappa shape index (κ1) is 16.2. The van der Waals surface area contributed by atoms with E-state index in [1.165, 1.54) is 44.1 Å². The first-order valence-electron chi connectivity index (χ1n) is 7.37. The van der Waals surface area contributed by atoms with Crippen LogP contribution in [0.5, 0.6) is 0 Å². The van der Waals surface area contributed by atoms with Crippen LogP contribution in [0.3, 0.4) is 0 Å². The highest BCUT2D eigenvalue weighted by Crippen LogP contribution is 2.14. The zero-order chi connectivity index (χ0) is 13.9. The molecule has 0 unspecified atom stereocenters. The molecule has 1 saturated heterocycles. The van der Waals surface area contributed by atoms with Crippen molar-refractivity contribution in [2.24, 2.45) is 0 Å². The van der Waals surface area contributed by atoms with Gasteiger partial charge in [0.25, 0.3) is 0 Å². The van der Waals surface area contributed by atoms with Crippen molar-refractivity contribution in [1.82, 2.24) is 4.90 Å². The number of methoxy groups -OCH3 is 1. The normalized spacial score (nSPS) is 15.7. The van der Waals surface area contributed by atoms with Crippen LogP contribution in [0.25, 0.3) is 0 Å². The van der Waals surface area contributed by atoms with E-state index in [0.717, 1.165) is 12.8 Å². The van der Waals surface area contributed by atoms with Gasteiger partial charge >= 0.3 is 6.09 Å². The quantitative estimate of drug-likeness (QED) is 0.606. The molecule has 1 heterocycles. The summed E-state index contributed by atoms with van der Waals surface area (Å²) >= 11 is 0. The molecule has 5 heteroatoms. The van der Waals surface area contributed by atoms with Crippen molar-refractivity contribution in [2.75, 3.05) is 26.9 Å². The van der Waals surface area contributed by atoms with Crippen LogP contribution in [-0.2, 0) is 14.2 Å². The SMILES string of the molecule is CCCCCCCCCN(C(=O)OC)C1OCCO1. The molecular weight excluding hydrogens is 246 g/mol. The summed E-state index contributed by atoms with van der Waals surface area (Å²) in [6.45, 7) is 3.92. The topological polar surface area (TPSA) is 48.0 Å². The smallest absolute Gasteiger partial charge is 0.413 e. The lowest BCUT2D eigenvalue weighted by Crippen LogP contribution is -2.41. The molecule has 19 heavy (non-hydrogen) atoms. The van der Waals surface area contributed by atoms with Gasteiger partial charge in [0.1, 0.15) is 0 Å². The summed E-state index contributed by atoms with van der Waals surface area (Å²) in [5, 5.41) is 0. The molecule has 0 bridgehead atoms. The van der Waals surface area contributed by atoms with Crippen LogP contribution < -0.4 is 0 Å². The Labute approximate surface area is 116 Å². The Kier molecular flexibility index (Phi) is 8.58. The Morgan fingerprint density at radius 3 is 2.26 bits per heavy atom. The molecule has 0 N–H and O–H groups in total. The summed E-state index contributed by atoms with van der Waals surface area (Å²) in [7, 11) is 1.38. The molecule has 0 aromatic carbocycles. The number of ether oxygens (including phenoxy) is 3. The molecule has 1 amide bonds. The molecular formula is C14H27NO4. The fraction of sp³-hybridized carbons (Fsp3) is 0.929. The molecule has 0 saturated carbocycles. The second-order valence-electron chi connectivity index (χ2n) is 4.83. The van der Waals surface area contributed by atoms with Crippen molar-refractivity contribution in [3.05, 3.63) is 0 Å². The van der Waals surface area contributed by atoms with Crippen LogP contribution in [0.15, 0.2) is 0 Å². The molecule has 0 aromatic rings. The largest absolute Gasteiger partial charge is 0.453 e. The molecule has 1 aliphatic heterocycles. The van der Waals surface area contributed by atoms with E-state index in [2.05, 4.69) is 6.92 Å². The summed E-state index contributed by atoms with van der Waals surface area (Å²) in [5.74, 6) is 0. The lowest BCUT2D eigenvalue weighted by Gasteiger charge is -2.25. The van der Waals surface area contributed by atoms with Gasteiger partial charge in [-0.25, -0.2) is 4.79 Å². The maximum Gasteiger partial charge on any atom is 0.413 e. The summed E-state index contributed by atoms with van der Waals surface area (Å²) in [5.41, 5.74) is 0. The third kappa shape index (κ3) is 6.25. The molecule has 5 nitrogen and oxygen atoms in total. The van der Waals surface area contributed by atoms with E-state index < -0.39 is 6.41 Å². The summed E-state index contributed by atoms with van der Waals surface area (Å²) in [6.07, 6.45) is 7.56. The van der Waals surface area contributed by atoms with Gasteiger partial charge in [0.2, 0.25) is 6.41 Å². The highest BCUT2D eigenvalue weighted by atomic mass is 16.7. The fourth-order valence-electron chi connectivity index (χ4n) is 2.17. The number of carbonyl (C=O) groups excluding carboxylic acids is 1. The Morgan fingerprint density at radius 1 is 1.11 bits per heavy atom.